The van der Waals surface area contributed by atoms with Gasteiger partial charge in [-0.05, 0) is 57.1 Å². The van der Waals surface area contributed by atoms with E-state index >= 15 is 0 Å². The molecule has 3 rings (SSSR count). The number of carboxylic acid groups (broad SMARTS) is 1. The lowest BCUT2D eigenvalue weighted by molar-refractivity contribution is -0.150. The summed E-state index contributed by atoms with van der Waals surface area (Å²) in [4.78, 5) is 55.0. The predicted octanol–water partition coefficient (Wildman–Crippen LogP) is 2.81. The number of esters is 1. The number of hydrogen-bond donors (Lipinski definition) is 1. The van der Waals surface area contributed by atoms with Crippen molar-refractivity contribution >= 4 is 23.8 Å². The third kappa shape index (κ3) is 8.51. The Morgan fingerprint density at radius 2 is 1.82 bits per heavy atom. The molecule has 0 radical (unpaired) electrons. The molecule has 2 amide bonds. The fourth-order valence-electron chi connectivity index (χ4n) is 4.57. The number of aliphatic carboxylic acids is 1. The number of benzene rings is 2. The lowest BCUT2D eigenvalue weighted by Crippen LogP contribution is -2.44. The van der Waals surface area contributed by atoms with Crippen LogP contribution in [0.15, 0.2) is 48.5 Å². The Labute approximate surface area is 233 Å². The van der Waals surface area contributed by atoms with Gasteiger partial charge in [0.2, 0.25) is 5.91 Å². The summed E-state index contributed by atoms with van der Waals surface area (Å²) in [7, 11) is 4.97. The molecule has 2 aromatic carbocycles. The highest BCUT2D eigenvalue weighted by Gasteiger charge is 2.33. The van der Waals surface area contributed by atoms with Gasteiger partial charge in [0.05, 0.1) is 18.2 Å². The lowest BCUT2D eigenvalue weighted by atomic mass is 10.1. The van der Waals surface area contributed by atoms with E-state index in [1.165, 1.54) is 13.1 Å². The van der Waals surface area contributed by atoms with Crippen LogP contribution >= 0.6 is 0 Å². The quantitative estimate of drug-likeness (QED) is 0.374. The summed E-state index contributed by atoms with van der Waals surface area (Å²) in [5, 5.41) is 9.20. The highest BCUT2D eigenvalue weighted by Crippen LogP contribution is 2.25. The van der Waals surface area contributed by atoms with Gasteiger partial charge in [-0.3, -0.25) is 14.4 Å². The van der Waals surface area contributed by atoms with Crippen molar-refractivity contribution in [3.05, 3.63) is 65.5 Å². The van der Waals surface area contributed by atoms with E-state index in [0.29, 0.717) is 6.54 Å². The monoisotopic (exact) mass is 557 g/mol. The summed E-state index contributed by atoms with van der Waals surface area (Å²) in [5.41, 5.74) is 0.607. The van der Waals surface area contributed by atoms with Crippen molar-refractivity contribution in [2.75, 3.05) is 40.8 Å². The molecular formula is C29H36FN3O7. The first-order chi connectivity index (χ1) is 19.1. The van der Waals surface area contributed by atoms with Crippen molar-refractivity contribution in [2.45, 2.75) is 44.4 Å². The average Bonchev–Trinajstić information content (AvgIpc) is 3.39. The van der Waals surface area contributed by atoms with Crippen molar-refractivity contribution in [3.8, 4) is 5.75 Å². The third-order valence-corrected chi connectivity index (χ3v) is 6.67. The van der Waals surface area contributed by atoms with Crippen LogP contribution in [0.25, 0.3) is 0 Å². The number of hydrogen-bond acceptors (Lipinski definition) is 7. The van der Waals surface area contributed by atoms with Gasteiger partial charge in [-0.15, -0.1) is 0 Å². The fraction of sp³-hybridized carbons (Fsp3) is 0.448. The standard InChI is InChI=1S/C29H36FN3O7/c1-31(2)17-26(34)33-15-7-10-22(33)19-39-25-13-11-21(30)16-23(25)28(37)32(3)24(12-14-27(35)36)29(38)40-18-20-8-5-4-6-9-20/h4-6,8-9,11,13,16,22,24H,7,10,12,14-15,17-19H2,1-3H3,(H,35,36)/t22-,24-/m0/s1. The molecule has 216 valence electrons. The van der Waals surface area contributed by atoms with Crippen LogP contribution in [-0.2, 0) is 25.7 Å². The van der Waals surface area contributed by atoms with Crippen LogP contribution in [-0.4, -0.2) is 96.5 Å². The molecule has 1 heterocycles. The third-order valence-electron chi connectivity index (χ3n) is 6.67. The zero-order chi connectivity index (χ0) is 29.2. The molecule has 0 bridgehead atoms. The van der Waals surface area contributed by atoms with Gasteiger partial charge in [-0.25, -0.2) is 9.18 Å². The average molecular weight is 558 g/mol. The number of likely N-dealkylation sites (tertiary alicyclic amines) is 1. The number of amides is 2. The molecule has 0 aliphatic carbocycles. The van der Waals surface area contributed by atoms with Crippen LogP contribution in [0, 0.1) is 5.82 Å². The summed E-state index contributed by atoms with van der Waals surface area (Å²) in [6.07, 6.45) is 0.977. The zero-order valence-electron chi connectivity index (χ0n) is 23.0. The summed E-state index contributed by atoms with van der Waals surface area (Å²) >= 11 is 0. The van der Waals surface area contributed by atoms with Gasteiger partial charge in [-0.2, -0.15) is 0 Å². The summed E-state index contributed by atoms with van der Waals surface area (Å²) in [6, 6.07) is 11.0. The molecule has 1 aliphatic heterocycles. The van der Waals surface area contributed by atoms with E-state index in [2.05, 4.69) is 0 Å². The van der Waals surface area contributed by atoms with Crippen molar-refractivity contribution in [3.63, 3.8) is 0 Å². The van der Waals surface area contributed by atoms with E-state index in [0.717, 1.165) is 35.4 Å². The second-order valence-corrected chi connectivity index (χ2v) is 10.0. The molecule has 1 aliphatic rings. The van der Waals surface area contributed by atoms with Crippen molar-refractivity contribution in [2.24, 2.45) is 0 Å². The van der Waals surface area contributed by atoms with Gasteiger partial charge in [0.1, 0.15) is 30.8 Å². The Balaban J connectivity index is 1.75. The Morgan fingerprint density at radius 1 is 1.10 bits per heavy atom. The molecule has 0 aromatic heterocycles. The van der Waals surface area contributed by atoms with Crippen LogP contribution in [0.3, 0.4) is 0 Å². The molecule has 1 fully saturated rings. The molecule has 11 heteroatoms. The first-order valence-electron chi connectivity index (χ1n) is 13.1. The van der Waals surface area contributed by atoms with Crippen LogP contribution in [0.5, 0.6) is 5.75 Å². The van der Waals surface area contributed by atoms with E-state index in [1.807, 2.05) is 20.2 Å². The summed E-state index contributed by atoms with van der Waals surface area (Å²) in [5.74, 6) is -3.25. The van der Waals surface area contributed by atoms with Crippen LogP contribution in [0.4, 0.5) is 4.39 Å². The second-order valence-electron chi connectivity index (χ2n) is 10.0. The molecule has 2 atom stereocenters. The molecule has 0 saturated carbocycles. The number of halogens is 1. The van der Waals surface area contributed by atoms with Gasteiger partial charge >= 0.3 is 11.9 Å². The molecule has 40 heavy (non-hydrogen) atoms. The maximum absolute atomic E-state index is 14.3. The highest BCUT2D eigenvalue weighted by atomic mass is 19.1. The number of rotatable bonds is 13. The van der Waals surface area contributed by atoms with E-state index in [1.54, 1.807) is 34.1 Å². The topological polar surface area (TPSA) is 117 Å². The first kappa shape index (κ1) is 30.6. The molecule has 1 N–H and O–H groups in total. The van der Waals surface area contributed by atoms with Crippen molar-refractivity contribution < 1.29 is 38.1 Å². The van der Waals surface area contributed by atoms with E-state index in [9.17, 15) is 28.7 Å². The normalized spacial score (nSPS) is 15.5. The molecule has 1 saturated heterocycles. The summed E-state index contributed by atoms with van der Waals surface area (Å²) in [6.45, 7) is 0.926. The van der Waals surface area contributed by atoms with Gasteiger partial charge in [0.25, 0.3) is 5.91 Å². The van der Waals surface area contributed by atoms with Crippen LogP contribution in [0.1, 0.15) is 41.6 Å². The van der Waals surface area contributed by atoms with Gasteiger partial charge < -0.3 is 29.3 Å². The molecular weight excluding hydrogens is 521 g/mol. The molecule has 0 spiro atoms. The maximum Gasteiger partial charge on any atom is 0.329 e. The number of likely N-dealkylation sites (N-methyl/N-ethyl adjacent to an activating group) is 2. The largest absolute Gasteiger partial charge is 0.491 e. The molecule has 0 unspecified atom stereocenters. The van der Waals surface area contributed by atoms with Crippen molar-refractivity contribution in [1.82, 2.24) is 14.7 Å². The van der Waals surface area contributed by atoms with E-state index in [4.69, 9.17) is 9.47 Å². The molecule has 10 nitrogen and oxygen atoms in total. The van der Waals surface area contributed by atoms with E-state index in [-0.39, 0.29) is 55.9 Å². The minimum absolute atomic E-state index is 0.0264. The zero-order valence-corrected chi connectivity index (χ0v) is 23.0. The Hall–Kier alpha value is -3.99. The highest BCUT2D eigenvalue weighted by molar-refractivity contribution is 5.99. The SMILES string of the molecule is CN(C)CC(=O)N1CCC[C@H]1COc1ccc(F)cc1C(=O)N(C)[C@@H](CCC(=O)O)C(=O)OCc1ccccc1. The Kier molecular flexibility index (Phi) is 11.0. The van der Waals surface area contributed by atoms with Crippen LogP contribution in [0.2, 0.25) is 0 Å². The van der Waals surface area contributed by atoms with Crippen LogP contribution < -0.4 is 4.74 Å². The minimum atomic E-state index is -1.22. The van der Waals surface area contributed by atoms with Gasteiger partial charge in [-0.1, -0.05) is 30.3 Å². The Bertz CT molecular complexity index is 1190. The predicted molar refractivity (Wildman–Crippen MR) is 144 cm³/mol. The second kappa shape index (κ2) is 14.4. The fourth-order valence-corrected chi connectivity index (χ4v) is 4.57. The minimum Gasteiger partial charge on any atom is -0.491 e. The van der Waals surface area contributed by atoms with Gasteiger partial charge in [0, 0.05) is 20.0 Å². The number of nitrogens with zero attached hydrogens (tertiary/aromatic N) is 3. The first-order valence-corrected chi connectivity index (χ1v) is 13.1. The van der Waals surface area contributed by atoms with Crippen molar-refractivity contribution in [1.29, 1.82) is 0 Å². The Morgan fingerprint density at radius 3 is 2.50 bits per heavy atom. The number of carboxylic acids is 1. The summed E-state index contributed by atoms with van der Waals surface area (Å²) < 4.78 is 25.6. The lowest BCUT2D eigenvalue weighted by Gasteiger charge is -2.28. The number of carbonyl (C=O) groups excluding carboxylic acids is 3. The smallest absolute Gasteiger partial charge is 0.329 e. The maximum atomic E-state index is 14.3. The van der Waals surface area contributed by atoms with E-state index < -0.39 is 29.7 Å². The number of carbonyl (C=O) groups is 4. The number of ether oxygens (including phenoxy) is 2. The van der Waals surface area contributed by atoms with Gasteiger partial charge in [0.15, 0.2) is 0 Å². The molecule has 2 aromatic rings.